The number of nitrogens with one attached hydrogen (secondary N) is 1. The van der Waals surface area contributed by atoms with E-state index >= 15 is 0 Å². The van der Waals surface area contributed by atoms with Gasteiger partial charge in [0.2, 0.25) is 0 Å². The van der Waals surface area contributed by atoms with E-state index in [1.54, 1.807) is 12.1 Å². The summed E-state index contributed by atoms with van der Waals surface area (Å²) in [5.74, 6) is 1.21. The molecule has 0 heterocycles. The van der Waals surface area contributed by atoms with Crippen LogP contribution in [0.4, 0.5) is 10.1 Å². The molecule has 0 saturated carbocycles. The first-order valence-corrected chi connectivity index (χ1v) is 9.08. The molecule has 0 unspecified atom stereocenters. The van der Waals surface area contributed by atoms with Gasteiger partial charge in [-0.2, -0.15) is 0 Å². The molecule has 3 rings (SSSR count). The first-order chi connectivity index (χ1) is 13.2. The molecule has 3 aromatic carbocycles. The summed E-state index contributed by atoms with van der Waals surface area (Å²) in [6.07, 6.45) is 0. The van der Waals surface area contributed by atoms with Crippen molar-refractivity contribution in [3.63, 3.8) is 0 Å². The Balaban J connectivity index is 1.68. The minimum atomic E-state index is -0.241. The average Bonchev–Trinajstić information content (AvgIpc) is 2.68. The van der Waals surface area contributed by atoms with Crippen LogP contribution in [0.15, 0.2) is 66.7 Å². The number of aryl methyl sites for hydroxylation is 1. The highest BCUT2D eigenvalue weighted by atomic mass is 19.1. The Morgan fingerprint density at radius 2 is 1.67 bits per heavy atom. The summed E-state index contributed by atoms with van der Waals surface area (Å²) in [6.45, 7) is 5.71. The summed E-state index contributed by atoms with van der Waals surface area (Å²) < 4.78 is 24.8. The summed E-state index contributed by atoms with van der Waals surface area (Å²) in [5.41, 5.74) is 4.29. The van der Waals surface area contributed by atoms with Crippen molar-refractivity contribution in [3.05, 3.63) is 89.2 Å². The van der Waals surface area contributed by atoms with Crippen LogP contribution >= 0.6 is 0 Å². The van der Waals surface area contributed by atoms with Gasteiger partial charge in [0.15, 0.2) is 11.5 Å². The number of rotatable bonds is 8. The maximum Gasteiger partial charge on any atom is 0.161 e. The molecule has 0 aromatic heterocycles. The van der Waals surface area contributed by atoms with Crippen LogP contribution in [0.2, 0.25) is 0 Å². The molecule has 0 aliphatic heterocycles. The number of ether oxygens (including phenoxy) is 2. The Morgan fingerprint density at radius 1 is 0.889 bits per heavy atom. The van der Waals surface area contributed by atoms with Crippen molar-refractivity contribution in [2.45, 2.75) is 27.0 Å². The lowest BCUT2D eigenvalue weighted by molar-refractivity contribution is 0.268. The third kappa shape index (κ3) is 5.23. The summed E-state index contributed by atoms with van der Waals surface area (Å²) >= 11 is 0. The van der Waals surface area contributed by atoms with E-state index in [0.29, 0.717) is 19.8 Å². The maximum atomic E-state index is 13.0. The zero-order chi connectivity index (χ0) is 19.1. The molecule has 0 aliphatic carbocycles. The van der Waals surface area contributed by atoms with Gasteiger partial charge in [-0.25, -0.2) is 4.39 Å². The summed E-state index contributed by atoms with van der Waals surface area (Å²) in [7, 11) is 0. The van der Waals surface area contributed by atoms with E-state index in [4.69, 9.17) is 9.47 Å². The molecule has 140 valence electrons. The number of anilines is 1. The molecule has 0 spiro atoms. The number of halogens is 1. The monoisotopic (exact) mass is 365 g/mol. The van der Waals surface area contributed by atoms with E-state index in [0.717, 1.165) is 28.3 Å². The lowest BCUT2D eigenvalue weighted by Gasteiger charge is -2.15. The SMILES string of the molecule is CCOc1cc(CNc2ccc(F)cc2)ccc1OCc1ccccc1C. The second kappa shape index (κ2) is 9.08. The smallest absolute Gasteiger partial charge is 0.161 e. The van der Waals surface area contributed by atoms with E-state index < -0.39 is 0 Å². The largest absolute Gasteiger partial charge is 0.490 e. The lowest BCUT2D eigenvalue weighted by Crippen LogP contribution is -2.03. The molecule has 4 heteroatoms. The van der Waals surface area contributed by atoms with Crippen LogP contribution in [0.25, 0.3) is 0 Å². The molecule has 1 N–H and O–H groups in total. The van der Waals surface area contributed by atoms with Crippen LogP contribution in [-0.4, -0.2) is 6.61 Å². The van der Waals surface area contributed by atoms with Gasteiger partial charge in [-0.15, -0.1) is 0 Å². The Morgan fingerprint density at radius 3 is 2.41 bits per heavy atom. The van der Waals surface area contributed by atoms with Gasteiger partial charge >= 0.3 is 0 Å². The van der Waals surface area contributed by atoms with Gasteiger partial charge in [0.25, 0.3) is 0 Å². The molecule has 27 heavy (non-hydrogen) atoms. The molecule has 0 bridgehead atoms. The highest BCUT2D eigenvalue weighted by Gasteiger charge is 2.08. The van der Waals surface area contributed by atoms with Gasteiger partial charge in [0.1, 0.15) is 12.4 Å². The summed E-state index contributed by atoms with van der Waals surface area (Å²) in [6, 6.07) is 20.4. The van der Waals surface area contributed by atoms with Crippen molar-refractivity contribution in [2.75, 3.05) is 11.9 Å². The number of hydrogen-bond donors (Lipinski definition) is 1. The molecule has 0 radical (unpaired) electrons. The van der Waals surface area contributed by atoms with E-state index in [-0.39, 0.29) is 5.82 Å². The Kier molecular flexibility index (Phi) is 6.31. The molecule has 0 amide bonds. The van der Waals surface area contributed by atoms with Crippen LogP contribution in [-0.2, 0) is 13.2 Å². The molecular weight excluding hydrogens is 341 g/mol. The molecule has 0 saturated heterocycles. The van der Waals surface area contributed by atoms with Crippen LogP contribution in [0.1, 0.15) is 23.6 Å². The quantitative estimate of drug-likeness (QED) is 0.553. The van der Waals surface area contributed by atoms with Gasteiger partial charge in [-0.1, -0.05) is 30.3 Å². The fourth-order valence-electron chi connectivity index (χ4n) is 2.75. The topological polar surface area (TPSA) is 30.5 Å². The highest BCUT2D eigenvalue weighted by Crippen LogP contribution is 2.30. The summed E-state index contributed by atoms with van der Waals surface area (Å²) in [5, 5.41) is 3.28. The van der Waals surface area contributed by atoms with Gasteiger partial charge in [-0.3, -0.25) is 0 Å². The maximum absolute atomic E-state index is 13.0. The second-order valence-electron chi connectivity index (χ2n) is 6.29. The third-order valence-corrected chi connectivity index (χ3v) is 4.29. The van der Waals surface area contributed by atoms with E-state index in [1.807, 2.05) is 37.3 Å². The first-order valence-electron chi connectivity index (χ1n) is 9.08. The standard InChI is InChI=1S/C23H24FNO2/c1-3-26-23-14-18(15-25-21-11-9-20(24)10-12-21)8-13-22(23)27-16-19-7-5-4-6-17(19)2/h4-14,25H,3,15-16H2,1-2H3. The summed E-state index contributed by atoms with van der Waals surface area (Å²) in [4.78, 5) is 0. The van der Waals surface area contributed by atoms with E-state index in [9.17, 15) is 4.39 Å². The Hall–Kier alpha value is -3.01. The number of hydrogen-bond acceptors (Lipinski definition) is 3. The molecule has 0 atom stereocenters. The number of benzene rings is 3. The normalized spacial score (nSPS) is 10.5. The molecule has 0 fully saturated rings. The van der Waals surface area contributed by atoms with Crippen molar-refractivity contribution >= 4 is 5.69 Å². The van der Waals surface area contributed by atoms with Crippen molar-refractivity contribution in [1.82, 2.24) is 0 Å². The van der Waals surface area contributed by atoms with Crippen molar-refractivity contribution in [2.24, 2.45) is 0 Å². The van der Waals surface area contributed by atoms with Crippen molar-refractivity contribution in [3.8, 4) is 11.5 Å². The van der Waals surface area contributed by atoms with E-state index in [1.165, 1.54) is 17.7 Å². The van der Waals surface area contributed by atoms with Crippen LogP contribution in [0.3, 0.4) is 0 Å². The zero-order valence-electron chi connectivity index (χ0n) is 15.7. The third-order valence-electron chi connectivity index (χ3n) is 4.29. The Labute approximate surface area is 159 Å². The molecular formula is C23H24FNO2. The highest BCUT2D eigenvalue weighted by molar-refractivity contribution is 5.47. The van der Waals surface area contributed by atoms with E-state index in [2.05, 4.69) is 24.4 Å². The second-order valence-corrected chi connectivity index (χ2v) is 6.29. The van der Waals surface area contributed by atoms with Crippen LogP contribution in [0.5, 0.6) is 11.5 Å². The van der Waals surface area contributed by atoms with Gasteiger partial charge in [-0.05, 0) is 66.9 Å². The van der Waals surface area contributed by atoms with Gasteiger partial charge in [0.05, 0.1) is 6.61 Å². The minimum Gasteiger partial charge on any atom is -0.490 e. The van der Waals surface area contributed by atoms with Crippen LogP contribution < -0.4 is 14.8 Å². The lowest BCUT2D eigenvalue weighted by atomic mass is 10.1. The fraction of sp³-hybridized carbons (Fsp3) is 0.217. The minimum absolute atomic E-state index is 0.241. The van der Waals surface area contributed by atoms with Gasteiger partial charge in [0, 0.05) is 12.2 Å². The fourth-order valence-corrected chi connectivity index (χ4v) is 2.75. The van der Waals surface area contributed by atoms with Crippen molar-refractivity contribution < 1.29 is 13.9 Å². The molecule has 3 nitrogen and oxygen atoms in total. The predicted molar refractivity (Wildman–Crippen MR) is 107 cm³/mol. The van der Waals surface area contributed by atoms with Crippen LogP contribution in [0, 0.1) is 12.7 Å². The average molecular weight is 365 g/mol. The zero-order valence-corrected chi connectivity index (χ0v) is 15.7. The van der Waals surface area contributed by atoms with Gasteiger partial charge < -0.3 is 14.8 Å². The molecule has 3 aromatic rings. The molecule has 0 aliphatic rings. The predicted octanol–water partition coefficient (Wildman–Crippen LogP) is 5.72. The van der Waals surface area contributed by atoms with Crippen molar-refractivity contribution in [1.29, 1.82) is 0 Å². The Bertz CT molecular complexity index is 878. The first kappa shape index (κ1) is 18.8.